The summed E-state index contributed by atoms with van der Waals surface area (Å²) in [6.07, 6.45) is 14.6. The van der Waals surface area contributed by atoms with Crippen LogP contribution >= 0.6 is 11.6 Å². The number of carbonyl (C=O) groups excluding carboxylic acids is 2. The van der Waals surface area contributed by atoms with Crippen LogP contribution in [-0.4, -0.2) is 35.1 Å². The number of hydrogen-bond acceptors (Lipinski definition) is 4. The number of carbonyl (C=O) groups is 2. The summed E-state index contributed by atoms with van der Waals surface area (Å²) in [7, 11) is 1.75. The summed E-state index contributed by atoms with van der Waals surface area (Å²) in [5.74, 6) is 2.25. The molecule has 3 atom stereocenters. The van der Waals surface area contributed by atoms with Crippen LogP contribution in [0.2, 0.25) is 5.02 Å². The number of Topliss-reactive ketones (excluding diaryl/α,β-unsaturated/α-hetero) is 1. The Balaban J connectivity index is 1.36. The number of halogens is 1. The molecule has 1 aromatic carbocycles. The predicted molar refractivity (Wildman–Crippen MR) is 138 cm³/mol. The maximum atomic E-state index is 13.3. The first-order valence-corrected chi connectivity index (χ1v) is 13.6. The van der Waals surface area contributed by atoms with Crippen LogP contribution < -0.4 is 5.73 Å². The van der Waals surface area contributed by atoms with Gasteiger partial charge in [0.15, 0.2) is 5.96 Å². The largest absolute Gasteiger partial charge is 0.369 e. The first-order valence-electron chi connectivity index (χ1n) is 13.2. The fourth-order valence-corrected chi connectivity index (χ4v) is 6.68. The van der Waals surface area contributed by atoms with Crippen LogP contribution in [0.5, 0.6) is 0 Å². The second-order valence-corrected chi connectivity index (χ2v) is 11.5. The van der Waals surface area contributed by atoms with Gasteiger partial charge in [0.25, 0.3) is 5.91 Å². The van der Waals surface area contributed by atoms with Gasteiger partial charge in [0.2, 0.25) is 0 Å². The summed E-state index contributed by atoms with van der Waals surface area (Å²) >= 11 is 5.97. The Morgan fingerprint density at radius 3 is 2.41 bits per heavy atom. The molecule has 2 saturated carbocycles. The molecule has 2 fully saturated rings. The van der Waals surface area contributed by atoms with E-state index in [9.17, 15) is 9.59 Å². The molecule has 6 heteroatoms. The van der Waals surface area contributed by atoms with Gasteiger partial charge >= 0.3 is 0 Å². The molecule has 186 valence electrons. The minimum Gasteiger partial charge on any atom is -0.369 e. The lowest BCUT2D eigenvalue weighted by molar-refractivity contribution is -0.131. The standard InChI is InChI=1S/C28H40ClN3O2/c1-32-26(34)28(31-27(32)30,15-14-20-6-3-2-4-7-20)19-23-9-5-8-22(16-23)18-25(33)17-21-10-12-24(29)13-11-21/h10-13,20,22-23H,2-9,14-19H2,1H3,(H2,30,31)/t22-,23+,28-/m1/s1. The second kappa shape index (κ2) is 11.2. The number of benzene rings is 1. The van der Waals surface area contributed by atoms with E-state index in [0.717, 1.165) is 50.5 Å². The molecule has 2 N–H and O–H groups in total. The Morgan fingerprint density at radius 2 is 1.74 bits per heavy atom. The monoisotopic (exact) mass is 485 g/mol. The number of ketones is 1. The fourth-order valence-electron chi connectivity index (χ4n) is 6.55. The molecular weight excluding hydrogens is 446 g/mol. The van der Waals surface area contributed by atoms with Crippen LogP contribution in [0.1, 0.15) is 89.0 Å². The normalized spacial score (nSPS) is 28.2. The van der Waals surface area contributed by atoms with E-state index in [2.05, 4.69) is 0 Å². The SMILES string of the molecule is CN1C(=O)[C@@](CCC2CCCCC2)(C[C@H]2CCC[C@@H](CC(=O)Cc3ccc(Cl)cc3)C2)N=C1N. The van der Waals surface area contributed by atoms with E-state index in [-0.39, 0.29) is 5.91 Å². The molecule has 0 saturated heterocycles. The number of nitrogens with two attached hydrogens (primary N) is 1. The third kappa shape index (κ3) is 6.21. The van der Waals surface area contributed by atoms with Crippen molar-refractivity contribution in [2.45, 2.75) is 95.4 Å². The van der Waals surface area contributed by atoms with Gasteiger partial charge in [0.1, 0.15) is 11.3 Å². The number of rotatable bonds is 9. The molecule has 1 aliphatic heterocycles. The van der Waals surface area contributed by atoms with Crippen LogP contribution in [0.25, 0.3) is 0 Å². The molecule has 0 aromatic heterocycles. The summed E-state index contributed by atoms with van der Waals surface area (Å²) in [6.45, 7) is 0. The third-order valence-corrected chi connectivity index (χ3v) is 8.67. The van der Waals surface area contributed by atoms with Gasteiger partial charge in [-0.25, -0.2) is 4.99 Å². The molecule has 2 aliphatic carbocycles. The summed E-state index contributed by atoms with van der Waals surface area (Å²) in [4.78, 5) is 32.5. The second-order valence-electron chi connectivity index (χ2n) is 11.1. The van der Waals surface area contributed by atoms with E-state index in [4.69, 9.17) is 22.3 Å². The smallest absolute Gasteiger partial charge is 0.257 e. The first kappa shape index (κ1) is 25.2. The van der Waals surface area contributed by atoms with Crippen molar-refractivity contribution < 1.29 is 9.59 Å². The van der Waals surface area contributed by atoms with Crippen molar-refractivity contribution in [3.05, 3.63) is 34.9 Å². The van der Waals surface area contributed by atoms with Gasteiger partial charge < -0.3 is 5.73 Å². The molecule has 34 heavy (non-hydrogen) atoms. The molecule has 0 radical (unpaired) electrons. The Kier molecular flexibility index (Phi) is 8.34. The van der Waals surface area contributed by atoms with Crippen molar-refractivity contribution in [1.29, 1.82) is 0 Å². The van der Waals surface area contributed by atoms with Crippen LogP contribution in [-0.2, 0) is 16.0 Å². The first-order chi connectivity index (χ1) is 16.3. The van der Waals surface area contributed by atoms with E-state index < -0.39 is 5.54 Å². The number of amides is 1. The van der Waals surface area contributed by atoms with Gasteiger partial charge in [-0.3, -0.25) is 14.5 Å². The van der Waals surface area contributed by atoms with Crippen molar-refractivity contribution in [1.82, 2.24) is 4.90 Å². The van der Waals surface area contributed by atoms with Gasteiger partial charge in [0.05, 0.1) is 0 Å². The number of guanidine groups is 1. The minimum absolute atomic E-state index is 0.0711. The van der Waals surface area contributed by atoms with E-state index >= 15 is 0 Å². The van der Waals surface area contributed by atoms with Gasteiger partial charge in [-0.15, -0.1) is 0 Å². The molecule has 0 unspecified atom stereocenters. The quantitative estimate of drug-likeness (QED) is 0.471. The van der Waals surface area contributed by atoms with Crippen LogP contribution in [0.15, 0.2) is 29.3 Å². The zero-order valence-corrected chi connectivity index (χ0v) is 21.4. The van der Waals surface area contributed by atoms with Crippen LogP contribution in [0, 0.1) is 17.8 Å². The maximum Gasteiger partial charge on any atom is 0.257 e. The molecule has 1 heterocycles. The molecule has 1 amide bonds. The fraction of sp³-hybridized carbons (Fsp3) is 0.679. The summed E-state index contributed by atoms with van der Waals surface area (Å²) in [5, 5.41) is 0.694. The van der Waals surface area contributed by atoms with E-state index in [1.165, 1.54) is 32.1 Å². The topological polar surface area (TPSA) is 75.8 Å². The van der Waals surface area contributed by atoms with Crippen molar-refractivity contribution in [3.63, 3.8) is 0 Å². The van der Waals surface area contributed by atoms with Gasteiger partial charge in [-0.05, 0) is 61.1 Å². The third-order valence-electron chi connectivity index (χ3n) is 8.41. The zero-order chi connectivity index (χ0) is 24.1. The highest BCUT2D eigenvalue weighted by molar-refractivity contribution is 6.30. The minimum atomic E-state index is -0.698. The molecular formula is C28H40ClN3O2. The lowest BCUT2D eigenvalue weighted by atomic mass is 9.71. The van der Waals surface area contributed by atoms with E-state index in [0.29, 0.717) is 47.4 Å². The van der Waals surface area contributed by atoms with Crippen molar-refractivity contribution >= 4 is 29.3 Å². The van der Waals surface area contributed by atoms with Crippen molar-refractivity contribution in [3.8, 4) is 0 Å². The van der Waals surface area contributed by atoms with Gasteiger partial charge in [0, 0.05) is 24.9 Å². The summed E-state index contributed by atoms with van der Waals surface area (Å²) in [5.41, 5.74) is 6.46. The van der Waals surface area contributed by atoms with Crippen LogP contribution in [0.3, 0.4) is 0 Å². The Morgan fingerprint density at radius 1 is 1.06 bits per heavy atom. The lowest BCUT2D eigenvalue weighted by Crippen LogP contribution is -2.44. The van der Waals surface area contributed by atoms with Crippen LogP contribution in [0.4, 0.5) is 0 Å². The molecule has 0 bridgehead atoms. The highest BCUT2D eigenvalue weighted by atomic mass is 35.5. The van der Waals surface area contributed by atoms with Crippen molar-refractivity contribution in [2.24, 2.45) is 28.5 Å². The molecule has 4 rings (SSSR count). The Hall–Kier alpha value is -1.88. The van der Waals surface area contributed by atoms with E-state index in [1.807, 2.05) is 24.3 Å². The van der Waals surface area contributed by atoms with Crippen molar-refractivity contribution in [2.75, 3.05) is 7.05 Å². The molecule has 0 spiro atoms. The zero-order valence-electron chi connectivity index (χ0n) is 20.6. The summed E-state index contributed by atoms with van der Waals surface area (Å²) < 4.78 is 0. The summed E-state index contributed by atoms with van der Waals surface area (Å²) in [6, 6.07) is 7.56. The Bertz CT molecular complexity index is 893. The molecule has 1 aromatic rings. The molecule has 5 nitrogen and oxygen atoms in total. The average molecular weight is 486 g/mol. The Labute approximate surface area is 209 Å². The predicted octanol–water partition coefficient (Wildman–Crippen LogP) is 5.92. The highest BCUT2D eigenvalue weighted by Crippen LogP contribution is 2.42. The maximum absolute atomic E-state index is 13.3. The van der Waals surface area contributed by atoms with Gasteiger partial charge in [-0.1, -0.05) is 75.1 Å². The number of aliphatic imine (C=N–C) groups is 1. The lowest BCUT2D eigenvalue weighted by Gasteiger charge is -2.35. The average Bonchev–Trinajstić information content (AvgIpc) is 3.04. The molecule has 3 aliphatic rings. The number of nitrogens with zero attached hydrogens (tertiary/aromatic N) is 2. The number of likely N-dealkylation sites (N-methyl/N-ethyl adjacent to an activating group) is 1. The number of hydrogen-bond donors (Lipinski definition) is 1. The van der Waals surface area contributed by atoms with E-state index in [1.54, 1.807) is 11.9 Å². The highest BCUT2D eigenvalue weighted by Gasteiger charge is 2.48. The van der Waals surface area contributed by atoms with Gasteiger partial charge in [-0.2, -0.15) is 0 Å².